The second kappa shape index (κ2) is 13.5. The van der Waals surface area contributed by atoms with E-state index in [1.807, 2.05) is 0 Å². The first kappa shape index (κ1) is 26.2. The summed E-state index contributed by atoms with van der Waals surface area (Å²) in [7, 11) is 0. The van der Waals surface area contributed by atoms with Gasteiger partial charge in [-0.25, -0.2) is 0 Å². The molecule has 0 radical (unpaired) electrons. The molecule has 0 aliphatic carbocycles. The first-order valence-corrected chi connectivity index (χ1v) is 12.6. The van der Waals surface area contributed by atoms with Gasteiger partial charge in [-0.05, 0) is 42.7 Å². The van der Waals surface area contributed by atoms with Crippen LogP contribution in [0.4, 0.5) is 0 Å². The van der Waals surface area contributed by atoms with Gasteiger partial charge in [0.2, 0.25) is 0 Å². The van der Waals surface area contributed by atoms with E-state index < -0.39 is 0 Å². The van der Waals surface area contributed by atoms with Crippen molar-refractivity contribution in [2.45, 2.75) is 78.1 Å². The summed E-state index contributed by atoms with van der Waals surface area (Å²) in [5, 5.41) is 0.396. The molecule has 2 aromatic carbocycles. The topological polar surface area (TPSA) is 82.8 Å². The number of fused-ring (bicyclic) bond motifs is 1. The normalized spacial score (nSPS) is 10.9. The minimum atomic E-state index is -0.291. The smallest absolute Gasteiger partial charge is 0.311 e. The lowest BCUT2D eigenvalue weighted by Crippen LogP contribution is -2.09. The van der Waals surface area contributed by atoms with Crippen LogP contribution in [0.1, 0.15) is 78.1 Å². The molecule has 0 aliphatic heterocycles. The van der Waals surface area contributed by atoms with E-state index in [-0.39, 0.29) is 17.4 Å². The third-order valence-corrected chi connectivity index (χ3v) is 5.84. The van der Waals surface area contributed by atoms with Crippen LogP contribution in [0.5, 0.6) is 11.5 Å². The Balaban J connectivity index is 1.65. The summed E-state index contributed by atoms with van der Waals surface area (Å²) in [4.78, 5) is 37.1. The molecule has 3 aromatic rings. The summed E-state index contributed by atoms with van der Waals surface area (Å²) in [6, 6.07) is 11.6. The molecule has 0 unspecified atom stereocenters. The summed E-state index contributed by atoms with van der Waals surface area (Å²) in [5.41, 5.74) is 1.22. The fourth-order valence-electron chi connectivity index (χ4n) is 3.83. The summed E-state index contributed by atoms with van der Waals surface area (Å²) in [6.45, 7) is 4.25. The Morgan fingerprint density at radius 3 is 1.91 bits per heavy atom. The maximum Gasteiger partial charge on any atom is 0.311 e. The van der Waals surface area contributed by atoms with Crippen LogP contribution < -0.4 is 14.9 Å². The van der Waals surface area contributed by atoms with Gasteiger partial charge in [0.25, 0.3) is 0 Å². The molecule has 6 nitrogen and oxygen atoms in total. The zero-order valence-electron chi connectivity index (χ0n) is 20.6. The van der Waals surface area contributed by atoms with Crippen molar-refractivity contribution in [1.29, 1.82) is 0 Å². The lowest BCUT2D eigenvalue weighted by Gasteiger charge is -2.08. The Labute approximate surface area is 206 Å². The van der Waals surface area contributed by atoms with E-state index in [4.69, 9.17) is 13.9 Å². The van der Waals surface area contributed by atoms with Crippen molar-refractivity contribution in [1.82, 2.24) is 0 Å². The fraction of sp³-hybridized carbons (Fsp3) is 0.414. The van der Waals surface area contributed by atoms with Crippen molar-refractivity contribution in [3.8, 4) is 22.6 Å². The van der Waals surface area contributed by atoms with Crippen LogP contribution in [0.3, 0.4) is 0 Å². The predicted molar refractivity (Wildman–Crippen MR) is 137 cm³/mol. The van der Waals surface area contributed by atoms with Crippen LogP contribution >= 0.6 is 0 Å². The van der Waals surface area contributed by atoms with Crippen molar-refractivity contribution in [3.05, 3.63) is 59.0 Å². The molecule has 0 aliphatic rings. The Hall–Kier alpha value is -3.41. The number of rotatable bonds is 13. The Morgan fingerprint density at radius 2 is 1.31 bits per heavy atom. The number of carbonyl (C=O) groups excluding carboxylic acids is 2. The molecule has 1 heterocycles. The van der Waals surface area contributed by atoms with Gasteiger partial charge in [-0.2, -0.15) is 0 Å². The van der Waals surface area contributed by atoms with E-state index >= 15 is 0 Å². The molecule has 0 N–H and O–H groups in total. The molecule has 0 spiro atoms. The van der Waals surface area contributed by atoms with E-state index in [9.17, 15) is 14.4 Å². The van der Waals surface area contributed by atoms with Crippen LogP contribution in [0.15, 0.2) is 57.9 Å². The van der Waals surface area contributed by atoms with Gasteiger partial charge in [-0.3, -0.25) is 14.4 Å². The van der Waals surface area contributed by atoms with Crippen LogP contribution in [-0.4, -0.2) is 11.9 Å². The third-order valence-electron chi connectivity index (χ3n) is 5.84. The van der Waals surface area contributed by atoms with Gasteiger partial charge >= 0.3 is 11.9 Å². The molecule has 6 heteroatoms. The number of esters is 2. The van der Waals surface area contributed by atoms with Gasteiger partial charge < -0.3 is 13.9 Å². The van der Waals surface area contributed by atoms with E-state index in [1.54, 1.807) is 42.5 Å². The number of ether oxygens (including phenoxy) is 2. The highest BCUT2D eigenvalue weighted by molar-refractivity contribution is 5.83. The molecule has 0 saturated carbocycles. The van der Waals surface area contributed by atoms with E-state index in [0.29, 0.717) is 46.4 Å². The van der Waals surface area contributed by atoms with E-state index in [0.717, 1.165) is 51.4 Å². The lowest BCUT2D eigenvalue weighted by molar-refractivity contribution is -0.135. The minimum absolute atomic E-state index is 0.190. The van der Waals surface area contributed by atoms with Crippen molar-refractivity contribution < 1.29 is 23.5 Å². The van der Waals surface area contributed by atoms with Crippen LogP contribution in [0, 0.1) is 0 Å². The number of carbonyl (C=O) groups is 2. The fourth-order valence-corrected chi connectivity index (χ4v) is 3.83. The number of benzene rings is 2. The Morgan fingerprint density at radius 1 is 0.743 bits per heavy atom. The van der Waals surface area contributed by atoms with Gasteiger partial charge in [0.1, 0.15) is 23.3 Å². The quantitative estimate of drug-likeness (QED) is 0.147. The molecule has 1 aromatic heterocycles. The average Bonchev–Trinajstić information content (AvgIpc) is 2.85. The molecule has 0 fully saturated rings. The minimum Gasteiger partial charge on any atom is -0.463 e. The maximum atomic E-state index is 13.0. The number of hydrogen-bond donors (Lipinski definition) is 0. The summed E-state index contributed by atoms with van der Waals surface area (Å²) >= 11 is 0. The first-order valence-electron chi connectivity index (χ1n) is 12.6. The summed E-state index contributed by atoms with van der Waals surface area (Å²) in [5.74, 6) is 0.257. The standard InChI is InChI=1S/C29H34O6/c1-3-5-7-9-11-27(30)34-22-15-13-21(14-16-22)25-20-33-26-19-23(17-18-24(26)29(25)32)35-28(31)12-10-8-6-4-2/h13-20H,3-12H2,1-2H3. The molecule has 0 bridgehead atoms. The highest BCUT2D eigenvalue weighted by Crippen LogP contribution is 2.25. The van der Waals surface area contributed by atoms with Crippen molar-refractivity contribution in [2.75, 3.05) is 0 Å². The number of unbranched alkanes of at least 4 members (excludes halogenated alkanes) is 6. The second-order valence-electron chi connectivity index (χ2n) is 8.73. The molecule has 186 valence electrons. The SMILES string of the molecule is CCCCCCC(=O)Oc1ccc(-c2coc3cc(OC(=O)CCCCCC)ccc3c2=O)cc1. The Kier molecular flexibility index (Phi) is 10.1. The molecular formula is C29H34O6. The first-order chi connectivity index (χ1) is 17.0. The number of hydrogen-bond acceptors (Lipinski definition) is 6. The monoisotopic (exact) mass is 478 g/mol. The lowest BCUT2D eigenvalue weighted by atomic mass is 10.1. The zero-order valence-corrected chi connectivity index (χ0v) is 20.6. The largest absolute Gasteiger partial charge is 0.463 e. The molecule has 0 atom stereocenters. The van der Waals surface area contributed by atoms with Gasteiger partial charge in [0.15, 0.2) is 5.43 Å². The van der Waals surface area contributed by atoms with E-state index in [1.165, 1.54) is 6.26 Å². The highest BCUT2D eigenvalue weighted by atomic mass is 16.5. The van der Waals surface area contributed by atoms with Crippen LogP contribution in [-0.2, 0) is 9.59 Å². The molecular weight excluding hydrogens is 444 g/mol. The van der Waals surface area contributed by atoms with Crippen molar-refractivity contribution in [2.24, 2.45) is 0 Å². The van der Waals surface area contributed by atoms with Gasteiger partial charge in [-0.15, -0.1) is 0 Å². The molecule has 35 heavy (non-hydrogen) atoms. The third kappa shape index (κ3) is 7.81. The Bertz CT molecular complexity index is 1180. The van der Waals surface area contributed by atoms with Gasteiger partial charge in [0.05, 0.1) is 10.9 Å². The molecule has 0 amide bonds. The average molecular weight is 479 g/mol. The highest BCUT2D eigenvalue weighted by Gasteiger charge is 2.12. The maximum absolute atomic E-state index is 13.0. The van der Waals surface area contributed by atoms with Gasteiger partial charge in [0, 0.05) is 18.9 Å². The van der Waals surface area contributed by atoms with Crippen LogP contribution in [0.2, 0.25) is 0 Å². The van der Waals surface area contributed by atoms with E-state index in [2.05, 4.69) is 13.8 Å². The van der Waals surface area contributed by atoms with Crippen LogP contribution in [0.25, 0.3) is 22.1 Å². The molecule has 3 rings (SSSR count). The zero-order chi connectivity index (χ0) is 25.0. The van der Waals surface area contributed by atoms with Crippen molar-refractivity contribution in [3.63, 3.8) is 0 Å². The molecule has 0 saturated heterocycles. The van der Waals surface area contributed by atoms with Gasteiger partial charge in [-0.1, -0.05) is 64.5 Å². The summed E-state index contributed by atoms with van der Waals surface area (Å²) in [6.07, 6.45) is 10.2. The van der Waals surface area contributed by atoms with Crippen molar-refractivity contribution >= 4 is 22.9 Å². The summed E-state index contributed by atoms with van der Waals surface area (Å²) < 4.78 is 16.5. The second-order valence-corrected chi connectivity index (χ2v) is 8.73. The predicted octanol–water partition coefficient (Wildman–Crippen LogP) is 7.21.